The predicted octanol–water partition coefficient (Wildman–Crippen LogP) is 2.70. The molecule has 0 atom stereocenters. The summed E-state index contributed by atoms with van der Waals surface area (Å²) in [7, 11) is -3.25. The summed E-state index contributed by atoms with van der Waals surface area (Å²) in [4.78, 5) is 14.8. The second-order valence-corrected chi connectivity index (χ2v) is 11.4. The number of hydrogen-bond acceptors (Lipinski definition) is 4. The van der Waals surface area contributed by atoms with Gasteiger partial charge in [0.25, 0.3) is 5.91 Å². The van der Waals surface area contributed by atoms with Gasteiger partial charge in [0.05, 0.1) is 11.8 Å². The maximum atomic E-state index is 13.1. The Morgan fingerprint density at radius 2 is 1.48 bits per heavy atom. The molecular weight excluding hydrogens is 364 g/mol. The van der Waals surface area contributed by atoms with Crippen LogP contribution in [0.3, 0.4) is 0 Å². The molecule has 1 aliphatic rings. The third kappa shape index (κ3) is 4.82. The third-order valence-corrected chi connectivity index (χ3v) is 6.31. The Balaban J connectivity index is 2.41. The van der Waals surface area contributed by atoms with Crippen molar-refractivity contribution in [1.29, 1.82) is 0 Å². The van der Waals surface area contributed by atoms with Crippen molar-refractivity contribution in [2.24, 2.45) is 0 Å². The van der Waals surface area contributed by atoms with Crippen LogP contribution in [0, 0.1) is 0 Å². The molecule has 6 nitrogen and oxygen atoms in total. The molecule has 1 aliphatic heterocycles. The number of phenols is 1. The molecule has 0 aromatic heterocycles. The van der Waals surface area contributed by atoms with Gasteiger partial charge in [0.1, 0.15) is 5.75 Å². The summed E-state index contributed by atoms with van der Waals surface area (Å²) in [6, 6.07) is 3.75. The van der Waals surface area contributed by atoms with E-state index in [4.69, 9.17) is 0 Å². The second kappa shape index (κ2) is 7.09. The summed E-state index contributed by atoms with van der Waals surface area (Å²) < 4.78 is 24.7. The van der Waals surface area contributed by atoms with Gasteiger partial charge in [0, 0.05) is 31.7 Å². The van der Waals surface area contributed by atoms with E-state index in [0.717, 1.165) is 11.1 Å². The van der Waals surface area contributed by atoms with Crippen LogP contribution in [-0.2, 0) is 20.9 Å². The van der Waals surface area contributed by atoms with Gasteiger partial charge >= 0.3 is 0 Å². The van der Waals surface area contributed by atoms with Crippen LogP contribution in [-0.4, -0.2) is 61.1 Å². The minimum atomic E-state index is -3.25. The van der Waals surface area contributed by atoms with Gasteiger partial charge in [-0.05, 0) is 22.5 Å². The minimum Gasteiger partial charge on any atom is -0.507 e. The van der Waals surface area contributed by atoms with Crippen molar-refractivity contribution in [2.45, 2.75) is 52.4 Å². The lowest BCUT2D eigenvalue weighted by Gasteiger charge is -2.34. The Morgan fingerprint density at radius 1 is 0.963 bits per heavy atom. The van der Waals surface area contributed by atoms with Gasteiger partial charge in [-0.2, -0.15) is 4.31 Å². The highest BCUT2D eigenvalue weighted by Crippen LogP contribution is 2.38. The molecule has 0 aliphatic carbocycles. The Hall–Kier alpha value is -1.60. The van der Waals surface area contributed by atoms with E-state index >= 15 is 0 Å². The fourth-order valence-electron chi connectivity index (χ4n) is 3.20. The van der Waals surface area contributed by atoms with Crippen LogP contribution in [0.5, 0.6) is 5.75 Å². The van der Waals surface area contributed by atoms with E-state index in [0.29, 0.717) is 18.7 Å². The van der Waals surface area contributed by atoms with Gasteiger partial charge < -0.3 is 10.0 Å². The largest absolute Gasteiger partial charge is 0.507 e. The fourth-order valence-corrected chi connectivity index (χ4v) is 4.02. The average Bonchev–Trinajstić information content (AvgIpc) is 2.51. The van der Waals surface area contributed by atoms with Crippen molar-refractivity contribution < 1.29 is 18.3 Å². The molecule has 0 radical (unpaired) electrons. The normalized spacial score (nSPS) is 17.2. The number of aromatic hydroxyl groups is 1. The third-order valence-electron chi connectivity index (χ3n) is 5.01. The Labute approximate surface area is 163 Å². The average molecular weight is 397 g/mol. The first kappa shape index (κ1) is 21.7. The molecule has 1 fully saturated rings. The second-order valence-electron chi connectivity index (χ2n) is 9.37. The van der Waals surface area contributed by atoms with Crippen molar-refractivity contribution in [3.63, 3.8) is 0 Å². The van der Waals surface area contributed by atoms with Gasteiger partial charge in [-0.1, -0.05) is 47.6 Å². The zero-order valence-electron chi connectivity index (χ0n) is 17.5. The van der Waals surface area contributed by atoms with E-state index in [-0.39, 0.29) is 35.6 Å². The van der Waals surface area contributed by atoms with Gasteiger partial charge in [0.15, 0.2) is 0 Å². The highest BCUT2D eigenvalue weighted by Gasteiger charge is 2.31. The van der Waals surface area contributed by atoms with E-state index in [2.05, 4.69) is 20.8 Å². The lowest BCUT2D eigenvalue weighted by atomic mass is 9.78. The standard InChI is InChI=1S/C20H32N2O4S/c1-19(2,3)14-12-15(17(23)16(13-14)20(4,5)6)18(24)21-8-10-22(11-9-21)27(7,25)26/h12-13,23H,8-11H2,1-7H3. The molecule has 1 saturated heterocycles. The molecule has 1 N–H and O–H groups in total. The summed E-state index contributed by atoms with van der Waals surface area (Å²) in [5.74, 6) is -0.233. The Kier molecular flexibility index (Phi) is 5.70. The Bertz CT molecular complexity index is 825. The number of benzene rings is 1. The zero-order chi connectivity index (χ0) is 20.8. The number of carbonyl (C=O) groups is 1. The number of nitrogens with zero attached hydrogens (tertiary/aromatic N) is 2. The predicted molar refractivity (Wildman–Crippen MR) is 108 cm³/mol. The van der Waals surface area contributed by atoms with Crippen molar-refractivity contribution in [3.8, 4) is 5.75 Å². The molecule has 27 heavy (non-hydrogen) atoms. The summed E-state index contributed by atoms with van der Waals surface area (Å²) in [5.41, 5.74) is 1.55. The van der Waals surface area contributed by atoms with E-state index in [1.165, 1.54) is 10.6 Å². The van der Waals surface area contributed by atoms with Crippen LogP contribution < -0.4 is 0 Å². The van der Waals surface area contributed by atoms with Crippen LogP contribution >= 0.6 is 0 Å². The number of hydrogen-bond donors (Lipinski definition) is 1. The zero-order valence-corrected chi connectivity index (χ0v) is 18.3. The van der Waals surface area contributed by atoms with E-state index in [1.807, 2.05) is 26.8 Å². The number of carbonyl (C=O) groups excluding carboxylic acids is 1. The molecule has 7 heteroatoms. The highest BCUT2D eigenvalue weighted by molar-refractivity contribution is 7.88. The molecule has 0 saturated carbocycles. The summed E-state index contributed by atoms with van der Waals surface area (Å²) in [6.07, 6.45) is 1.18. The molecular formula is C20H32N2O4S. The quantitative estimate of drug-likeness (QED) is 0.834. The fraction of sp³-hybridized carbons (Fsp3) is 0.650. The number of amides is 1. The number of rotatable bonds is 2. The molecule has 1 heterocycles. The topological polar surface area (TPSA) is 77.9 Å². The van der Waals surface area contributed by atoms with Crippen LogP contribution in [0.15, 0.2) is 12.1 Å². The van der Waals surface area contributed by atoms with Gasteiger partial charge in [0.2, 0.25) is 10.0 Å². The smallest absolute Gasteiger partial charge is 0.257 e. The molecule has 0 spiro atoms. The number of phenolic OH excluding ortho intramolecular Hbond substituents is 1. The van der Waals surface area contributed by atoms with Crippen LogP contribution in [0.2, 0.25) is 0 Å². The molecule has 152 valence electrons. The van der Waals surface area contributed by atoms with Gasteiger partial charge in [-0.3, -0.25) is 4.79 Å². The summed E-state index contributed by atoms with van der Waals surface area (Å²) in [6.45, 7) is 13.4. The van der Waals surface area contributed by atoms with Crippen LogP contribution in [0.4, 0.5) is 0 Å². The van der Waals surface area contributed by atoms with Crippen molar-refractivity contribution in [1.82, 2.24) is 9.21 Å². The van der Waals surface area contributed by atoms with E-state index < -0.39 is 10.0 Å². The maximum absolute atomic E-state index is 13.1. The van der Waals surface area contributed by atoms with E-state index in [1.54, 1.807) is 11.0 Å². The Morgan fingerprint density at radius 3 is 1.89 bits per heavy atom. The summed E-state index contributed by atoms with van der Waals surface area (Å²) >= 11 is 0. The lowest BCUT2D eigenvalue weighted by Crippen LogP contribution is -2.50. The molecule has 1 aromatic carbocycles. The number of sulfonamides is 1. The van der Waals surface area contributed by atoms with Crippen molar-refractivity contribution in [3.05, 3.63) is 28.8 Å². The first-order chi connectivity index (χ1) is 12.1. The molecule has 1 aromatic rings. The molecule has 1 amide bonds. The summed E-state index contributed by atoms with van der Waals surface area (Å²) in [5, 5.41) is 10.8. The molecule has 0 bridgehead atoms. The first-order valence-electron chi connectivity index (χ1n) is 9.25. The lowest BCUT2D eigenvalue weighted by molar-refractivity contribution is 0.0694. The van der Waals surface area contributed by atoms with Crippen molar-refractivity contribution >= 4 is 15.9 Å². The monoisotopic (exact) mass is 396 g/mol. The SMILES string of the molecule is CC(C)(C)c1cc(C(=O)N2CCN(S(C)(=O)=O)CC2)c(O)c(C(C)(C)C)c1. The maximum Gasteiger partial charge on any atom is 0.257 e. The van der Waals surface area contributed by atoms with Gasteiger partial charge in [-0.25, -0.2) is 8.42 Å². The van der Waals surface area contributed by atoms with Crippen LogP contribution in [0.1, 0.15) is 63.0 Å². The first-order valence-corrected chi connectivity index (χ1v) is 11.1. The van der Waals surface area contributed by atoms with Gasteiger partial charge in [-0.15, -0.1) is 0 Å². The number of piperazine rings is 1. The molecule has 2 rings (SSSR count). The van der Waals surface area contributed by atoms with Crippen LogP contribution in [0.25, 0.3) is 0 Å². The highest BCUT2D eigenvalue weighted by atomic mass is 32.2. The van der Waals surface area contributed by atoms with Crippen molar-refractivity contribution in [2.75, 3.05) is 32.4 Å². The minimum absolute atomic E-state index is 0.0195. The molecule has 0 unspecified atom stereocenters. The van der Waals surface area contributed by atoms with E-state index in [9.17, 15) is 18.3 Å².